The van der Waals surface area contributed by atoms with Crippen molar-refractivity contribution in [1.82, 2.24) is 91.6 Å². The number of aromatic nitrogens is 19. The maximum atomic E-state index is 5.39. The summed E-state index contributed by atoms with van der Waals surface area (Å²) in [5.41, 5.74) is 37.6. The van der Waals surface area contributed by atoms with Gasteiger partial charge in [-0.15, -0.1) is 97.7 Å². The van der Waals surface area contributed by atoms with Crippen LogP contribution >= 0.6 is 0 Å². The van der Waals surface area contributed by atoms with Crippen molar-refractivity contribution < 1.29 is 60.3 Å². The Balaban J connectivity index is 0.000000134. The Bertz CT molecular complexity index is 8710. The molecule has 0 N–H and O–H groups in total. The van der Waals surface area contributed by atoms with Crippen molar-refractivity contribution >= 4 is 65.4 Å². The van der Waals surface area contributed by atoms with E-state index in [2.05, 4.69) is 400 Å². The number of benzene rings is 12. The molecule has 0 saturated heterocycles. The van der Waals surface area contributed by atoms with Crippen LogP contribution in [0.4, 0.5) is 0 Å². The number of hydrogen-bond acceptors (Lipinski definition) is 11. The molecule has 12 aromatic carbocycles. The number of imidazole rings is 4. The SMILES string of the molecule is Cc1[c-]c(-c2ncc(C)n2-c2c(C(C)C)cc(-c3ccccc3)nc2-c2ccccc2)cc(C)c1-n1c2ccccc2c2ccc(-n3ccnc3)cc21.Cc1cc(-c2ncc(-c3ccncc3)n2-c2cccnc2C(C)C)[c-]cc1-n1c2ccccc2c2c(-n3cnnc3)cccc21.Cc1cc(C)cc(-n2ccnc2-c2[c-]c(C)c(-n3c4cc(C)ccc4c4ccc(-c5cncnc5)cc43)cc2)c1.[Ir].[Ir].[Ir]. The zero-order chi connectivity index (χ0) is 94.1. The van der Waals surface area contributed by atoms with Crippen LogP contribution in [-0.2, 0) is 60.3 Å². The standard InChI is InChI=1S/C47H39N6.C37H29N8.C35H28N5.3Ir/c1-30(2)40-27-41(34-14-8-6-9-15-34)50-44(35-16-10-7-11-17-35)46(40)52-33(5)28-49-47(52)36-24-31(3)45(32(4)25-36)53-42-19-13-12-18-38(42)39-21-20-37(26-43(39)53)51-23-22-48-29-51;1-24(2)36-33(12-7-17-39-36)45-34(26-15-18-38-19-16-26)21-40-37(45)27-13-14-29(25(3)20-27)44-30-9-5-4-8-28(30)35-31(10-6-11-32(35)44)43-22-41-42-23-43;1-22-5-8-30-31-9-6-26(28-19-36-21-37-20-28)18-34(31)40(33(30)16-22)32-10-7-27(17-25(32)4)35-38-11-12-39(35)29-14-23(2)13-24(3)15-29;;;/h6-24,26-30H,1-5H3;4-12,14-24H,1-3H3;5-16,18-21H,1-4H3;;;/q3*-1;;;. The van der Waals surface area contributed by atoms with Gasteiger partial charge in [-0.3, -0.25) is 29.5 Å². The summed E-state index contributed by atoms with van der Waals surface area (Å²) in [5.74, 6) is 2.99. The van der Waals surface area contributed by atoms with E-state index >= 15 is 0 Å². The number of hydrogen-bond donors (Lipinski definition) is 0. The molecule has 24 rings (SSSR count). The maximum absolute atomic E-state index is 5.39. The van der Waals surface area contributed by atoms with E-state index in [9.17, 15) is 0 Å². The molecule has 19 nitrogen and oxygen atoms in total. The molecule has 12 aromatic heterocycles. The number of pyridine rings is 3. The quantitative estimate of drug-likeness (QED) is 0.0791. The van der Waals surface area contributed by atoms with Gasteiger partial charge in [0.05, 0.1) is 63.6 Å². The van der Waals surface area contributed by atoms with Crippen LogP contribution in [0, 0.1) is 73.6 Å². The Kier molecular flexibility index (Phi) is 26.6. The summed E-state index contributed by atoms with van der Waals surface area (Å²) in [7, 11) is 0. The van der Waals surface area contributed by atoms with Gasteiger partial charge < -0.3 is 32.0 Å². The Morgan fingerprint density at radius 2 is 0.972 bits per heavy atom. The zero-order valence-corrected chi connectivity index (χ0v) is 86.8. The van der Waals surface area contributed by atoms with E-state index in [-0.39, 0.29) is 72.2 Å². The topological polar surface area (TPSA) is 181 Å². The number of aryl methyl sites for hydroxylation is 8. The molecule has 0 amide bonds. The molecule has 0 aliphatic carbocycles. The first kappa shape index (κ1) is 94.5. The molecule has 0 aliphatic heterocycles. The molecule has 24 aromatic rings. The zero-order valence-electron chi connectivity index (χ0n) is 79.6. The third-order valence-corrected chi connectivity index (χ3v) is 26.1. The number of rotatable bonds is 17. The second-order valence-corrected chi connectivity index (χ2v) is 36.1. The van der Waals surface area contributed by atoms with Gasteiger partial charge in [-0.2, -0.15) is 0 Å². The number of fused-ring (bicyclic) bond motifs is 9. The molecule has 12 heterocycles. The van der Waals surface area contributed by atoms with Crippen LogP contribution in [0.25, 0.3) is 190 Å². The minimum atomic E-state index is 0. The first-order valence-corrected chi connectivity index (χ1v) is 46.5. The smallest absolute Gasteiger partial charge is 0.123 e. The summed E-state index contributed by atoms with van der Waals surface area (Å²) in [6.07, 6.45) is 27.6. The molecule has 0 aliphatic rings. The average Bonchev–Trinajstić information content (AvgIpc) is 1.59. The Labute approximate surface area is 858 Å². The van der Waals surface area contributed by atoms with Crippen molar-refractivity contribution in [3.63, 3.8) is 0 Å². The van der Waals surface area contributed by atoms with Crippen LogP contribution in [-0.4, -0.2) is 91.6 Å². The molecule has 697 valence electrons. The molecule has 3 radical (unpaired) electrons. The first-order chi connectivity index (χ1) is 67.4. The Morgan fingerprint density at radius 3 is 1.68 bits per heavy atom. The summed E-state index contributed by atoms with van der Waals surface area (Å²) in [6, 6.07) is 103. The van der Waals surface area contributed by atoms with Crippen molar-refractivity contribution in [2.75, 3.05) is 0 Å². The van der Waals surface area contributed by atoms with Crippen LogP contribution in [0.1, 0.15) is 95.4 Å². The summed E-state index contributed by atoms with van der Waals surface area (Å²) in [4.78, 5) is 41.9. The Morgan fingerprint density at radius 1 is 0.333 bits per heavy atom. The van der Waals surface area contributed by atoms with E-state index in [4.69, 9.17) is 24.9 Å². The van der Waals surface area contributed by atoms with Crippen molar-refractivity contribution in [3.05, 3.63) is 428 Å². The molecule has 22 heteroatoms. The van der Waals surface area contributed by atoms with Gasteiger partial charge in [-0.25, -0.2) is 19.9 Å². The van der Waals surface area contributed by atoms with Gasteiger partial charge in [0.15, 0.2) is 0 Å². The molecular weight excluding hydrogens is 2270 g/mol. The van der Waals surface area contributed by atoms with Crippen LogP contribution < -0.4 is 0 Å². The monoisotopic (exact) mass is 2370 g/mol. The third-order valence-electron chi connectivity index (χ3n) is 26.1. The fourth-order valence-corrected chi connectivity index (χ4v) is 19.9. The second kappa shape index (κ2) is 39.8. The summed E-state index contributed by atoms with van der Waals surface area (Å²) < 4.78 is 17.7. The minimum absolute atomic E-state index is 0. The molecule has 0 atom stereocenters. The minimum Gasteiger partial charge on any atom is -0.350 e. The normalized spacial score (nSPS) is 11.4. The van der Waals surface area contributed by atoms with Gasteiger partial charge in [0.25, 0.3) is 0 Å². The molecular formula is C119H96Ir3N19-3. The third kappa shape index (κ3) is 17.5. The number of para-hydroxylation sites is 2. The van der Waals surface area contributed by atoms with E-state index in [1.165, 1.54) is 49.3 Å². The van der Waals surface area contributed by atoms with Gasteiger partial charge in [-0.1, -0.05) is 195 Å². The fraction of sp³-hybridized carbons (Fsp3) is 0.118. The van der Waals surface area contributed by atoms with Gasteiger partial charge >= 0.3 is 0 Å². The predicted molar refractivity (Wildman–Crippen MR) is 555 cm³/mol. The van der Waals surface area contributed by atoms with Gasteiger partial charge in [0, 0.05) is 233 Å². The van der Waals surface area contributed by atoms with Gasteiger partial charge in [0.2, 0.25) is 0 Å². The molecule has 0 spiro atoms. The van der Waals surface area contributed by atoms with E-state index in [0.717, 1.165) is 197 Å². The fourth-order valence-electron chi connectivity index (χ4n) is 19.9. The predicted octanol–water partition coefficient (Wildman–Crippen LogP) is 27.4. The van der Waals surface area contributed by atoms with Gasteiger partial charge in [0.1, 0.15) is 19.0 Å². The molecule has 0 saturated carbocycles. The van der Waals surface area contributed by atoms with Gasteiger partial charge in [-0.05, 0) is 175 Å². The molecule has 0 bridgehead atoms. The van der Waals surface area contributed by atoms with Crippen molar-refractivity contribution in [1.29, 1.82) is 0 Å². The van der Waals surface area contributed by atoms with Crippen molar-refractivity contribution in [3.8, 4) is 125 Å². The number of nitrogens with zero attached hydrogens (tertiary/aromatic N) is 19. The van der Waals surface area contributed by atoms with Crippen LogP contribution in [0.5, 0.6) is 0 Å². The average molecular weight is 2370 g/mol. The van der Waals surface area contributed by atoms with Crippen molar-refractivity contribution in [2.45, 2.75) is 94.9 Å². The van der Waals surface area contributed by atoms with Crippen molar-refractivity contribution in [2.24, 2.45) is 0 Å². The molecule has 141 heavy (non-hydrogen) atoms. The largest absolute Gasteiger partial charge is 0.350 e. The Hall–Kier alpha value is -15.5. The van der Waals surface area contributed by atoms with Crippen LogP contribution in [0.15, 0.2) is 354 Å². The van der Waals surface area contributed by atoms with E-state index < -0.39 is 0 Å². The van der Waals surface area contributed by atoms with E-state index in [0.29, 0.717) is 0 Å². The molecule has 0 fully saturated rings. The van der Waals surface area contributed by atoms with Crippen LogP contribution in [0.2, 0.25) is 0 Å². The molecule has 0 unspecified atom stereocenters. The van der Waals surface area contributed by atoms with E-state index in [1.54, 1.807) is 19.0 Å². The van der Waals surface area contributed by atoms with Crippen LogP contribution in [0.3, 0.4) is 0 Å². The summed E-state index contributed by atoms with van der Waals surface area (Å²) >= 11 is 0. The first-order valence-electron chi connectivity index (χ1n) is 46.5. The summed E-state index contributed by atoms with van der Waals surface area (Å²) in [6.45, 7) is 26.0. The maximum Gasteiger partial charge on any atom is 0.123 e. The van der Waals surface area contributed by atoms with E-state index in [1.807, 2.05) is 103 Å². The second-order valence-electron chi connectivity index (χ2n) is 36.1. The summed E-state index contributed by atoms with van der Waals surface area (Å²) in [5, 5.41) is 15.3.